The molecule has 78 heavy (non-hydrogen) atoms. The van der Waals surface area contributed by atoms with Crippen LogP contribution in [0.5, 0.6) is 0 Å². The van der Waals surface area contributed by atoms with Gasteiger partial charge in [-0.25, -0.2) is 33.7 Å². The quantitative estimate of drug-likeness (QED) is 0.0596. The Morgan fingerprint density at radius 1 is 0.436 bits per heavy atom. The van der Waals surface area contributed by atoms with Crippen LogP contribution in [0, 0.1) is 0 Å². The van der Waals surface area contributed by atoms with Crippen molar-refractivity contribution in [1.82, 2.24) is 9.80 Å². The first-order valence-corrected chi connectivity index (χ1v) is 31.9. The van der Waals surface area contributed by atoms with Crippen LogP contribution in [0.15, 0.2) is 211 Å². The van der Waals surface area contributed by atoms with E-state index in [0.717, 1.165) is 33.4 Å². The second-order valence-electron chi connectivity index (χ2n) is 16.8. The zero-order chi connectivity index (χ0) is 58.1. The number of hydrogen-bond donors (Lipinski definition) is 0. The normalized spacial score (nSPS) is 14.1. The molecule has 0 aliphatic carbocycles. The Balaban J connectivity index is 0.000000226. The average molecular weight is 1220 g/mol. The third-order valence-electron chi connectivity index (χ3n) is 10.3. The fourth-order valence-corrected chi connectivity index (χ4v) is 16.6. The van der Waals surface area contributed by atoms with E-state index in [9.17, 15) is 73.2 Å². The lowest BCUT2D eigenvalue weighted by Gasteiger charge is -2.36. The van der Waals surface area contributed by atoms with Gasteiger partial charge in [0.25, 0.3) is 0 Å². The van der Waals surface area contributed by atoms with Crippen molar-refractivity contribution in [1.29, 1.82) is 0 Å². The number of hydrogen-bond acceptors (Lipinski definition) is 10. The van der Waals surface area contributed by atoms with Crippen LogP contribution in [0.3, 0.4) is 0 Å². The Bertz CT molecular complexity index is 2910. The molecule has 0 atom stereocenters. The molecule has 0 N–H and O–H groups in total. The van der Waals surface area contributed by atoms with E-state index >= 15 is 0 Å². The predicted octanol–water partition coefficient (Wildman–Crippen LogP) is 12.0. The van der Waals surface area contributed by atoms with Gasteiger partial charge in [-0.2, -0.15) is 39.5 Å². The summed E-state index contributed by atoms with van der Waals surface area (Å²) in [6.07, 6.45) is -4.25. The molecule has 426 valence electrons. The Labute approximate surface area is 456 Å². The Kier molecular flexibility index (Phi) is 23.9. The van der Waals surface area contributed by atoms with Crippen molar-refractivity contribution in [2.45, 2.75) is 78.8 Å². The lowest BCUT2D eigenvalue weighted by Crippen LogP contribution is -2.63. The van der Waals surface area contributed by atoms with Crippen molar-refractivity contribution >= 4 is 61.9 Å². The van der Waals surface area contributed by atoms with Crippen LogP contribution in [-0.2, 0) is 61.9 Å². The molecule has 0 saturated carbocycles. The Hall–Kier alpha value is -4.97. The first kappa shape index (κ1) is 65.5. The van der Waals surface area contributed by atoms with Gasteiger partial charge >= 0.3 is 23.3 Å². The van der Waals surface area contributed by atoms with Crippen molar-refractivity contribution in [3.63, 3.8) is 0 Å². The zero-order valence-corrected chi connectivity index (χ0v) is 46.8. The highest BCUT2D eigenvalue weighted by molar-refractivity contribution is 8.13. The van der Waals surface area contributed by atoms with E-state index in [0.29, 0.717) is 18.0 Å². The molecule has 1 aliphatic rings. The Morgan fingerprint density at radius 2 is 0.731 bits per heavy atom. The standard InChI is InChI=1S/2C18H15S.C8H17N2O4S2.C7H8F9N2O4S2/c2*1-4-10-16(11-5-1)19(17-12-6-2-7-13-17)18-14-8-3-9-15-18;1-2-15(11,12)9-16(13,14)8-10-6-4-3-5-7-10;1-18(2)3-23(19,20)17-24(21,22)7(15,16)5(10,11)4(8,9)6(12,13)14/h2*1-15H;2-8H2,1H3;3H2,1-2H3/q2*+1;2*-1. The predicted molar refractivity (Wildman–Crippen MR) is 286 cm³/mol. The van der Waals surface area contributed by atoms with Gasteiger partial charge in [-0.15, -0.1) is 0 Å². The van der Waals surface area contributed by atoms with Gasteiger partial charge in [0.2, 0.25) is 0 Å². The summed E-state index contributed by atoms with van der Waals surface area (Å²) in [6.45, 7) is 2.76. The summed E-state index contributed by atoms with van der Waals surface area (Å²) in [5.74, 6) is -17.0. The van der Waals surface area contributed by atoms with Gasteiger partial charge in [0.1, 0.15) is 0 Å². The van der Waals surface area contributed by atoms with Gasteiger partial charge in [-0.05, 0) is 113 Å². The third kappa shape index (κ3) is 18.8. The Morgan fingerprint density at radius 3 is 0.987 bits per heavy atom. The van der Waals surface area contributed by atoms with Crippen LogP contribution >= 0.6 is 0 Å². The SMILES string of the molecule is CCS(=O)(=O)[N-]S(=O)(=O)CN1CCCCC1.CN(C)CS(=O)(=O)[N-]S(=O)(=O)C(F)(F)C(F)(F)C(F)(F)C(F)(F)F.c1ccc([S+](c2ccccc2)c2ccccc2)cc1.c1ccc([S+](c2ccccc2)c2ccccc2)cc1. The number of sulfonamides is 4. The van der Waals surface area contributed by atoms with E-state index in [1.807, 2.05) is 0 Å². The fraction of sp³-hybridized carbons (Fsp3) is 0.294. The molecule has 0 aromatic heterocycles. The van der Waals surface area contributed by atoms with Crippen molar-refractivity contribution < 1.29 is 73.2 Å². The maximum Gasteiger partial charge on any atom is 0.460 e. The summed E-state index contributed by atoms with van der Waals surface area (Å²) in [5.41, 5.74) is 0. The van der Waals surface area contributed by atoms with Gasteiger partial charge in [0.05, 0.1) is 63.6 Å². The number of halogens is 9. The van der Waals surface area contributed by atoms with Crippen LogP contribution in [0.25, 0.3) is 8.25 Å². The highest BCUT2D eigenvalue weighted by atomic mass is 32.3. The van der Waals surface area contributed by atoms with E-state index in [1.165, 1.54) is 40.4 Å². The van der Waals surface area contributed by atoms with Crippen LogP contribution in [0.2, 0.25) is 0 Å². The lowest BCUT2D eigenvalue weighted by atomic mass is 10.1. The summed E-state index contributed by atoms with van der Waals surface area (Å²) >= 11 is 0. The van der Waals surface area contributed by atoms with Crippen LogP contribution in [0.4, 0.5) is 39.5 Å². The summed E-state index contributed by atoms with van der Waals surface area (Å²) in [7, 11) is -18.6. The number of rotatable bonds is 18. The largest absolute Gasteiger partial charge is 0.460 e. The summed E-state index contributed by atoms with van der Waals surface area (Å²) < 4.78 is 207. The van der Waals surface area contributed by atoms with Gasteiger partial charge in [-0.1, -0.05) is 123 Å². The first-order chi connectivity index (χ1) is 36.4. The highest BCUT2D eigenvalue weighted by Gasteiger charge is 2.84. The van der Waals surface area contributed by atoms with Crippen molar-refractivity contribution in [2.24, 2.45) is 0 Å². The maximum atomic E-state index is 13.2. The molecule has 7 rings (SSSR count). The maximum absolute atomic E-state index is 13.2. The summed E-state index contributed by atoms with van der Waals surface area (Å²) in [6, 6.07) is 64.3. The molecular formula is C51H55F9N4O8S6. The molecule has 0 radical (unpaired) electrons. The van der Waals surface area contributed by atoms with E-state index in [2.05, 4.69) is 186 Å². The molecule has 6 aromatic rings. The lowest BCUT2D eigenvalue weighted by molar-refractivity contribution is -0.382. The molecule has 12 nitrogen and oxygen atoms in total. The molecule has 0 amide bonds. The molecular weight excluding hydrogens is 1160 g/mol. The third-order valence-corrected chi connectivity index (χ3v) is 21.5. The molecule has 6 aromatic carbocycles. The number of benzene rings is 6. The molecule has 1 aliphatic heterocycles. The number of nitrogens with zero attached hydrogens (tertiary/aromatic N) is 4. The first-order valence-electron chi connectivity index (χ1n) is 23.1. The summed E-state index contributed by atoms with van der Waals surface area (Å²) in [4.78, 5) is 10.5. The average Bonchev–Trinajstić information content (AvgIpc) is 3.38. The topological polar surface area (TPSA) is 171 Å². The second kappa shape index (κ2) is 28.4. The zero-order valence-electron chi connectivity index (χ0n) is 41.9. The second-order valence-corrected chi connectivity index (χ2v) is 28.1. The molecule has 1 heterocycles. The van der Waals surface area contributed by atoms with E-state index in [-0.39, 0.29) is 33.4 Å². The van der Waals surface area contributed by atoms with Crippen LogP contribution < -0.4 is 0 Å². The molecule has 0 bridgehead atoms. The minimum absolute atomic E-state index is 0.0146. The molecule has 1 fully saturated rings. The van der Waals surface area contributed by atoms with Crippen molar-refractivity contribution in [3.05, 3.63) is 190 Å². The summed E-state index contributed by atoms with van der Waals surface area (Å²) in [5, 5.41) is -7.17. The van der Waals surface area contributed by atoms with E-state index < -0.39 is 69.2 Å². The highest BCUT2D eigenvalue weighted by Crippen LogP contribution is 2.55. The van der Waals surface area contributed by atoms with Crippen LogP contribution in [-0.4, -0.2) is 111 Å². The van der Waals surface area contributed by atoms with Gasteiger partial charge in [-0.3, -0.25) is 9.80 Å². The van der Waals surface area contributed by atoms with Crippen molar-refractivity contribution in [3.8, 4) is 0 Å². The number of likely N-dealkylation sites (tertiary alicyclic amines) is 1. The number of alkyl halides is 9. The van der Waals surface area contributed by atoms with Gasteiger partial charge < -0.3 is 8.25 Å². The van der Waals surface area contributed by atoms with Gasteiger partial charge in [0.15, 0.2) is 39.4 Å². The van der Waals surface area contributed by atoms with Crippen LogP contribution in [0.1, 0.15) is 26.2 Å². The fourth-order valence-electron chi connectivity index (χ4n) is 6.79. The van der Waals surface area contributed by atoms with Gasteiger partial charge in [0, 0.05) is 5.75 Å². The molecule has 27 heteroatoms. The van der Waals surface area contributed by atoms with E-state index in [4.69, 9.17) is 0 Å². The molecule has 0 unspecified atom stereocenters. The minimum Gasteiger partial charge on any atom is -0.435 e. The molecule has 0 spiro atoms. The monoisotopic (exact) mass is 1210 g/mol. The number of piperidine rings is 1. The molecule has 1 saturated heterocycles. The van der Waals surface area contributed by atoms with E-state index in [1.54, 1.807) is 4.90 Å². The smallest absolute Gasteiger partial charge is 0.435 e. The van der Waals surface area contributed by atoms with Crippen molar-refractivity contribution in [2.75, 3.05) is 44.7 Å². The minimum atomic E-state index is -7.53.